The molecule has 2 aromatic carbocycles. The SMILES string of the molecule is O=c1c2cc(Cl)cc(Cl)c2ncn1Cc1cc2ccccc2nc1Cl. The molecule has 0 unspecified atom stereocenters. The highest BCUT2D eigenvalue weighted by Gasteiger charge is 2.11. The van der Waals surface area contributed by atoms with E-state index >= 15 is 0 Å². The Morgan fingerprint density at radius 2 is 1.84 bits per heavy atom. The molecule has 0 aliphatic heterocycles. The molecule has 4 aromatic rings. The molecule has 25 heavy (non-hydrogen) atoms. The summed E-state index contributed by atoms with van der Waals surface area (Å²) < 4.78 is 1.46. The second-order valence-electron chi connectivity index (χ2n) is 5.59. The molecular formula is C18H10Cl3N3O. The molecule has 0 spiro atoms. The molecule has 2 aromatic heterocycles. The van der Waals surface area contributed by atoms with Crippen LogP contribution in [0.5, 0.6) is 0 Å². The van der Waals surface area contributed by atoms with Crippen molar-refractivity contribution >= 4 is 56.6 Å². The Morgan fingerprint density at radius 3 is 2.68 bits per heavy atom. The number of nitrogens with zero attached hydrogens (tertiary/aromatic N) is 3. The fraction of sp³-hybridized carbons (Fsp3) is 0.0556. The highest BCUT2D eigenvalue weighted by Crippen LogP contribution is 2.25. The molecule has 0 radical (unpaired) electrons. The van der Waals surface area contributed by atoms with Gasteiger partial charge in [-0.1, -0.05) is 53.0 Å². The van der Waals surface area contributed by atoms with Crippen LogP contribution in [-0.4, -0.2) is 14.5 Å². The first-order chi connectivity index (χ1) is 12.0. The van der Waals surface area contributed by atoms with Gasteiger partial charge in [-0.2, -0.15) is 0 Å². The zero-order valence-corrected chi connectivity index (χ0v) is 15.0. The molecule has 0 fully saturated rings. The number of hydrogen-bond acceptors (Lipinski definition) is 3. The van der Waals surface area contributed by atoms with E-state index in [-0.39, 0.29) is 12.1 Å². The number of aromatic nitrogens is 3. The number of fused-ring (bicyclic) bond motifs is 2. The van der Waals surface area contributed by atoms with E-state index in [1.807, 2.05) is 30.3 Å². The molecule has 0 saturated heterocycles. The quantitative estimate of drug-likeness (QED) is 0.455. The van der Waals surface area contributed by atoms with Crippen LogP contribution in [0.3, 0.4) is 0 Å². The second-order valence-corrected chi connectivity index (χ2v) is 6.79. The molecule has 7 heteroatoms. The minimum Gasteiger partial charge on any atom is -0.294 e. The van der Waals surface area contributed by atoms with Gasteiger partial charge in [0.1, 0.15) is 5.15 Å². The minimum atomic E-state index is -0.237. The first-order valence-electron chi connectivity index (χ1n) is 7.41. The van der Waals surface area contributed by atoms with E-state index in [2.05, 4.69) is 9.97 Å². The van der Waals surface area contributed by atoms with Gasteiger partial charge < -0.3 is 0 Å². The van der Waals surface area contributed by atoms with Gasteiger partial charge in [0.05, 0.1) is 34.3 Å². The van der Waals surface area contributed by atoms with Crippen LogP contribution in [0.1, 0.15) is 5.56 Å². The van der Waals surface area contributed by atoms with Crippen molar-refractivity contribution in [3.8, 4) is 0 Å². The van der Waals surface area contributed by atoms with E-state index in [1.54, 1.807) is 12.1 Å². The number of hydrogen-bond donors (Lipinski definition) is 0. The Bertz CT molecular complexity index is 1190. The summed E-state index contributed by atoms with van der Waals surface area (Å²) in [6.07, 6.45) is 1.45. The molecule has 0 amide bonds. The van der Waals surface area contributed by atoms with E-state index < -0.39 is 0 Å². The lowest BCUT2D eigenvalue weighted by molar-refractivity contribution is 0.747. The van der Waals surface area contributed by atoms with Gasteiger partial charge in [-0.3, -0.25) is 9.36 Å². The smallest absolute Gasteiger partial charge is 0.261 e. The molecule has 2 heterocycles. The van der Waals surface area contributed by atoms with Crippen molar-refractivity contribution in [3.63, 3.8) is 0 Å². The Labute approximate surface area is 157 Å². The first-order valence-corrected chi connectivity index (χ1v) is 8.54. The summed E-state index contributed by atoms with van der Waals surface area (Å²) in [4.78, 5) is 21.4. The van der Waals surface area contributed by atoms with Gasteiger partial charge in [0.2, 0.25) is 0 Å². The Balaban J connectivity index is 1.85. The zero-order chi connectivity index (χ0) is 17.6. The van der Waals surface area contributed by atoms with Crippen LogP contribution in [0.4, 0.5) is 0 Å². The summed E-state index contributed by atoms with van der Waals surface area (Å²) in [6, 6.07) is 12.7. The monoisotopic (exact) mass is 389 g/mol. The first kappa shape index (κ1) is 16.3. The van der Waals surface area contributed by atoms with E-state index in [0.717, 1.165) is 16.5 Å². The van der Waals surface area contributed by atoms with Crippen LogP contribution in [-0.2, 0) is 6.54 Å². The third-order valence-electron chi connectivity index (χ3n) is 3.94. The number of rotatable bonds is 2. The maximum Gasteiger partial charge on any atom is 0.261 e. The number of para-hydroxylation sites is 1. The summed E-state index contributed by atoms with van der Waals surface area (Å²) in [5.41, 5.74) is 1.73. The molecule has 0 saturated carbocycles. The highest BCUT2D eigenvalue weighted by molar-refractivity contribution is 6.38. The lowest BCUT2D eigenvalue weighted by atomic mass is 10.1. The molecule has 0 aliphatic carbocycles. The molecule has 4 nitrogen and oxygen atoms in total. The van der Waals surface area contributed by atoms with Gasteiger partial charge in [0.15, 0.2) is 0 Å². The number of benzene rings is 2. The van der Waals surface area contributed by atoms with Crippen LogP contribution in [0, 0.1) is 0 Å². The molecular weight excluding hydrogens is 381 g/mol. The lowest BCUT2D eigenvalue weighted by Crippen LogP contribution is -2.21. The van der Waals surface area contributed by atoms with Crippen LogP contribution in [0.25, 0.3) is 21.8 Å². The summed E-state index contributed by atoms with van der Waals surface area (Å²) in [7, 11) is 0. The maximum absolute atomic E-state index is 12.8. The summed E-state index contributed by atoms with van der Waals surface area (Å²) in [5, 5.41) is 2.41. The predicted octanol–water partition coefficient (Wildman–Crippen LogP) is 4.95. The van der Waals surface area contributed by atoms with Crippen LogP contribution < -0.4 is 5.56 Å². The summed E-state index contributed by atoms with van der Waals surface area (Å²) in [5.74, 6) is 0. The van der Waals surface area contributed by atoms with E-state index in [0.29, 0.717) is 26.1 Å². The van der Waals surface area contributed by atoms with Crippen molar-refractivity contribution in [1.29, 1.82) is 0 Å². The number of pyridine rings is 1. The van der Waals surface area contributed by atoms with Crippen molar-refractivity contribution in [3.05, 3.63) is 79.9 Å². The number of halogens is 3. The van der Waals surface area contributed by atoms with Crippen LogP contribution >= 0.6 is 34.8 Å². The van der Waals surface area contributed by atoms with Gasteiger partial charge in [0.25, 0.3) is 5.56 Å². The Morgan fingerprint density at radius 1 is 1.04 bits per heavy atom. The predicted molar refractivity (Wildman–Crippen MR) is 102 cm³/mol. The van der Waals surface area contributed by atoms with Crippen molar-refractivity contribution in [2.45, 2.75) is 6.54 Å². The lowest BCUT2D eigenvalue weighted by Gasteiger charge is -2.10. The molecule has 0 aliphatic rings. The minimum absolute atomic E-state index is 0.237. The standard InChI is InChI=1S/C18H10Cl3N3O/c19-12-6-13-16(14(20)7-12)22-9-24(18(13)25)8-11-5-10-3-1-2-4-15(10)23-17(11)21/h1-7,9H,8H2. The van der Waals surface area contributed by atoms with Crippen LogP contribution in [0.15, 0.2) is 53.6 Å². The fourth-order valence-electron chi connectivity index (χ4n) is 2.74. The van der Waals surface area contributed by atoms with Gasteiger partial charge >= 0.3 is 0 Å². The van der Waals surface area contributed by atoms with Crippen molar-refractivity contribution in [2.24, 2.45) is 0 Å². The average Bonchev–Trinajstić information content (AvgIpc) is 2.58. The maximum atomic E-state index is 12.8. The largest absolute Gasteiger partial charge is 0.294 e. The Hall–Kier alpha value is -2.14. The summed E-state index contributed by atoms with van der Waals surface area (Å²) >= 11 is 18.4. The third kappa shape index (κ3) is 2.97. The zero-order valence-electron chi connectivity index (χ0n) is 12.7. The van der Waals surface area contributed by atoms with Crippen molar-refractivity contribution < 1.29 is 0 Å². The van der Waals surface area contributed by atoms with E-state index in [4.69, 9.17) is 34.8 Å². The molecule has 0 atom stereocenters. The molecule has 0 N–H and O–H groups in total. The second kappa shape index (κ2) is 6.30. The third-order valence-corrected chi connectivity index (χ3v) is 4.77. The van der Waals surface area contributed by atoms with Crippen molar-refractivity contribution in [1.82, 2.24) is 14.5 Å². The summed E-state index contributed by atoms with van der Waals surface area (Å²) in [6.45, 7) is 0.253. The van der Waals surface area contributed by atoms with E-state index in [1.165, 1.54) is 10.9 Å². The van der Waals surface area contributed by atoms with E-state index in [9.17, 15) is 4.79 Å². The topological polar surface area (TPSA) is 47.8 Å². The average molecular weight is 391 g/mol. The Kier molecular flexibility index (Phi) is 4.12. The van der Waals surface area contributed by atoms with Gasteiger partial charge in [-0.05, 0) is 24.3 Å². The molecule has 4 rings (SSSR count). The normalized spacial score (nSPS) is 11.3. The fourth-order valence-corrected chi connectivity index (χ4v) is 3.49. The van der Waals surface area contributed by atoms with Crippen LogP contribution in [0.2, 0.25) is 15.2 Å². The highest BCUT2D eigenvalue weighted by atomic mass is 35.5. The van der Waals surface area contributed by atoms with Crippen molar-refractivity contribution in [2.75, 3.05) is 0 Å². The molecule has 124 valence electrons. The molecule has 0 bridgehead atoms. The van der Waals surface area contributed by atoms with Gasteiger partial charge in [0, 0.05) is 16.0 Å². The van der Waals surface area contributed by atoms with Gasteiger partial charge in [-0.25, -0.2) is 9.97 Å². The van der Waals surface area contributed by atoms with Gasteiger partial charge in [-0.15, -0.1) is 0 Å².